The van der Waals surface area contributed by atoms with Gasteiger partial charge in [-0.15, -0.1) is 0 Å². The molecule has 0 unspecified atom stereocenters. The van der Waals surface area contributed by atoms with Gasteiger partial charge in [-0.3, -0.25) is 5.10 Å². The van der Waals surface area contributed by atoms with E-state index in [9.17, 15) is 4.79 Å². The predicted molar refractivity (Wildman–Crippen MR) is 124 cm³/mol. The lowest BCUT2D eigenvalue weighted by molar-refractivity contribution is -0.131. The van der Waals surface area contributed by atoms with Gasteiger partial charge in [0, 0.05) is 11.6 Å². The van der Waals surface area contributed by atoms with Crippen LogP contribution in [0.25, 0.3) is 28.1 Å². The number of rotatable bonds is 6. The number of H-pyrrole nitrogens is 1. The number of carboxylic acids is 1. The Kier molecular flexibility index (Phi) is 5.15. The molecule has 3 aromatic carbocycles. The van der Waals surface area contributed by atoms with E-state index in [0.29, 0.717) is 22.4 Å². The average Bonchev–Trinajstić information content (AvgIpc) is 3.53. The highest BCUT2D eigenvalue weighted by Gasteiger charge is 2.31. The average molecular weight is 424 g/mol. The molecule has 32 heavy (non-hydrogen) atoms. The number of aromatic nitrogens is 2. The van der Waals surface area contributed by atoms with Crippen LogP contribution < -0.4 is 0 Å². The van der Waals surface area contributed by atoms with Crippen LogP contribution in [0.4, 0.5) is 4.39 Å². The number of fused-ring (bicyclic) bond motifs is 1. The van der Waals surface area contributed by atoms with Crippen molar-refractivity contribution in [3.8, 4) is 0 Å². The molecule has 5 heteroatoms. The Morgan fingerprint density at radius 3 is 2.44 bits per heavy atom. The quantitative estimate of drug-likeness (QED) is 0.287. The van der Waals surface area contributed by atoms with Crippen molar-refractivity contribution >= 4 is 34.1 Å². The molecule has 0 spiro atoms. The zero-order chi connectivity index (χ0) is 22.1. The molecule has 4 aromatic rings. The largest absolute Gasteiger partial charge is 0.478 e. The fraction of sp³-hybridized carbons (Fsp3) is 0.111. The summed E-state index contributed by atoms with van der Waals surface area (Å²) in [6, 6.07) is 21.4. The summed E-state index contributed by atoms with van der Waals surface area (Å²) in [6.07, 6.45) is 6.32. The van der Waals surface area contributed by atoms with Gasteiger partial charge >= 0.3 is 5.97 Å². The third-order valence-corrected chi connectivity index (χ3v) is 5.79. The number of hydrogen-bond acceptors (Lipinski definition) is 2. The van der Waals surface area contributed by atoms with Gasteiger partial charge in [0.05, 0.1) is 17.1 Å². The number of benzene rings is 3. The number of aromatic amines is 1. The topological polar surface area (TPSA) is 66.0 Å². The number of nitrogens with zero attached hydrogens (tertiary/aromatic N) is 1. The maximum atomic E-state index is 15.7. The maximum absolute atomic E-state index is 15.7. The fourth-order valence-electron chi connectivity index (χ4n) is 4.13. The van der Waals surface area contributed by atoms with E-state index in [1.807, 2.05) is 54.6 Å². The van der Waals surface area contributed by atoms with E-state index in [1.165, 1.54) is 6.20 Å². The summed E-state index contributed by atoms with van der Waals surface area (Å²) in [5.41, 5.74) is 5.96. The third kappa shape index (κ3) is 3.85. The lowest BCUT2D eigenvalue weighted by Gasteiger charge is -2.18. The van der Waals surface area contributed by atoms with Crippen LogP contribution >= 0.6 is 0 Å². The van der Waals surface area contributed by atoms with E-state index in [4.69, 9.17) is 5.11 Å². The van der Waals surface area contributed by atoms with Gasteiger partial charge in [-0.05, 0) is 64.8 Å². The van der Waals surface area contributed by atoms with Crippen LogP contribution in [-0.4, -0.2) is 21.3 Å². The molecule has 158 valence electrons. The monoisotopic (exact) mass is 424 g/mol. The molecule has 1 aliphatic carbocycles. The van der Waals surface area contributed by atoms with Crippen LogP contribution in [0.5, 0.6) is 0 Å². The summed E-state index contributed by atoms with van der Waals surface area (Å²) in [7, 11) is 0. The first-order chi connectivity index (χ1) is 15.6. The minimum absolute atomic E-state index is 0.296. The van der Waals surface area contributed by atoms with Gasteiger partial charge in [-0.25, -0.2) is 9.18 Å². The van der Waals surface area contributed by atoms with Crippen molar-refractivity contribution in [2.24, 2.45) is 5.92 Å². The molecule has 1 heterocycles. The number of hydrogen-bond donors (Lipinski definition) is 2. The molecule has 1 fully saturated rings. The Morgan fingerprint density at radius 1 is 1.00 bits per heavy atom. The minimum Gasteiger partial charge on any atom is -0.478 e. The van der Waals surface area contributed by atoms with E-state index in [0.717, 1.165) is 46.8 Å². The number of allylic oxidation sites excluding steroid dienone is 1. The summed E-state index contributed by atoms with van der Waals surface area (Å²) in [5.74, 6) is -0.918. The number of halogens is 1. The Morgan fingerprint density at radius 2 is 1.75 bits per heavy atom. The smallest absolute Gasteiger partial charge is 0.328 e. The second kappa shape index (κ2) is 8.27. The zero-order valence-electron chi connectivity index (χ0n) is 17.3. The number of nitrogens with one attached hydrogen (secondary N) is 1. The summed E-state index contributed by atoms with van der Waals surface area (Å²) in [4.78, 5) is 10.8. The highest BCUT2D eigenvalue weighted by Crippen LogP contribution is 2.48. The zero-order valence-corrected chi connectivity index (χ0v) is 17.3. The first kappa shape index (κ1) is 19.9. The molecule has 0 bridgehead atoms. The molecule has 5 rings (SSSR count). The first-order valence-electron chi connectivity index (χ1n) is 10.5. The number of aliphatic carboxylic acids is 1. The van der Waals surface area contributed by atoms with Crippen molar-refractivity contribution in [3.63, 3.8) is 0 Å². The molecule has 1 aliphatic rings. The maximum Gasteiger partial charge on any atom is 0.328 e. The first-order valence-corrected chi connectivity index (χ1v) is 10.5. The van der Waals surface area contributed by atoms with E-state index < -0.39 is 5.97 Å². The second-order valence-electron chi connectivity index (χ2n) is 7.98. The van der Waals surface area contributed by atoms with Crippen LogP contribution in [0.15, 0.2) is 79.0 Å². The van der Waals surface area contributed by atoms with Gasteiger partial charge in [-0.2, -0.15) is 5.10 Å². The van der Waals surface area contributed by atoms with Gasteiger partial charge in [0.15, 0.2) is 0 Å². The van der Waals surface area contributed by atoms with Crippen LogP contribution in [0.3, 0.4) is 0 Å². The van der Waals surface area contributed by atoms with Gasteiger partial charge in [0.1, 0.15) is 5.82 Å². The van der Waals surface area contributed by atoms with Crippen LogP contribution in [0.1, 0.15) is 35.1 Å². The number of carboxylic acid groups (broad SMARTS) is 1. The SMILES string of the molecule is O=C(O)/C=C/c1ccc(C(=C(c2ccccc2)C2CC2)c2ccc3[nH]ncc3c2F)cc1. The normalized spacial score (nSPS) is 14.7. The van der Waals surface area contributed by atoms with E-state index >= 15 is 4.39 Å². The summed E-state index contributed by atoms with van der Waals surface area (Å²) < 4.78 is 15.7. The Bertz CT molecular complexity index is 1350. The summed E-state index contributed by atoms with van der Waals surface area (Å²) >= 11 is 0. The van der Waals surface area contributed by atoms with Crippen LogP contribution in [0, 0.1) is 11.7 Å². The Labute approximate surface area is 184 Å². The minimum atomic E-state index is -0.995. The molecule has 0 radical (unpaired) electrons. The van der Waals surface area contributed by atoms with Crippen LogP contribution in [-0.2, 0) is 4.79 Å². The van der Waals surface area contributed by atoms with Crippen molar-refractivity contribution in [3.05, 3.63) is 107 Å². The molecular weight excluding hydrogens is 403 g/mol. The highest BCUT2D eigenvalue weighted by molar-refractivity contribution is 6.02. The summed E-state index contributed by atoms with van der Waals surface area (Å²) in [5, 5.41) is 16.2. The van der Waals surface area contributed by atoms with Gasteiger partial charge < -0.3 is 5.11 Å². The molecule has 1 aromatic heterocycles. The summed E-state index contributed by atoms with van der Waals surface area (Å²) in [6.45, 7) is 0. The molecule has 2 N–H and O–H groups in total. The standard InChI is InChI=1S/C27H21FN2O2/c28-27-21(13-14-23-22(27)16-29-30-23)26(20-9-6-17(7-10-20)8-15-24(31)32)25(19-11-12-19)18-4-2-1-3-5-18/h1-10,13-16,19H,11-12H2,(H,29,30)(H,31,32)/b15-8+,26-25?. The van der Waals surface area contributed by atoms with E-state index in [-0.39, 0.29) is 5.82 Å². The van der Waals surface area contributed by atoms with Gasteiger partial charge in [-0.1, -0.05) is 54.6 Å². The predicted octanol–water partition coefficient (Wildman–Crippen LogP) is 6.17. The van der Waals surface area contributed by atoms with Gasteiger partial charge in [0.2, 0.25) is 0 Å². The van der Waals surface area contributed by atoms with Crippen molar-refractivity contribution in [2.45, 2.75) is 12.8 Å². The highest BCUT2D eigenvalue weighted by atomic mass is 19.1. The molecule has 0 saturated heterocycles. The lowest BCUT2D eigenvalue weighted by atomic mass is 9.86. The Balaban J connectivity index is 1.74. The molecule has 1 saturated carbocycles. The molecule has 0 amide bonds. The Hall–Kier alpha value is -3.99. The fourth-order valence-corrected chi connectivity index (χ4v) is 4.13. The van der Waals surface area contributed by atoms with Crippen molar-refractivity contribution in [2.75, 3.05) is 0 Å². The molecular formula is C27H21FN2O2. The van der Waals surface area contributed by atoms with Gasteiger partial charge in [0.25, 0.3) is 0 Å². The number of carbonyl (C=O) groups is 1. The van der Waals surface area contributed by atoms with Crippen molar-refractivity contribution in [1.82, 2.24) is 10.2 Å². The molecule has 0 aliphatic heterocycles. The molecule has 0 atom stereocenters. The lowest BCUT2D eigenvalue weighted by Crippen LogP contribution is -2.00. The van der Waals surface area contributed by atoms with Crippen molar-refractivity contribution < 1.29 is 14.3 Å². The third-order valence-electron chi connectivity index (χ3n) is 5.79. The van der Waals surface area contributed by atoms with E-state index in [2.05, 4.69) is 22.3 Å². The van der Waals surface area contributed by atoms with Crippen molar-refractivity contribution in [1.29, 1.82) is 0 Å². The molecule has 4 nitrogen and oxygen atoms in total. The second-order valence-corrected chi connectivity index (χ2v) is 7.98. The van der Waals surface area contributed by atoms with E-state index in [1.54, 1.807) is 6.08 Å². The van der Waals surface area contributed by atoms with Crippen LogP contribution in [0.2, 0.25) is 0 Å².